The average Bonchev–Trinajstić information content (AvgIpc) is 2.78. The van der Waals surface area contributed by atoms with Gasteiger partial charge in [0.25, 0.3) is 0 Å². The molecule has 2 aromatic rings. The van der Waals surface area contributed by atoms with Crippen LogP contribution in [0.3, 0.4) is 0 Å². The maximum atomic E-state index is 13.2. The summed E-state index contributed by atoms with van der Waals surface area (Å²) < 4.78 is 19.2. The third-order valence-electron chi connectivity index (χ3n) is 2.55. The molecule has 0 amide bonds. The third-order valence-corrected chi connectivity index (χ3v) is 2.97. The molecule has 0 aliphatic carbocycles. The van der Waals surface area contributed by atoms with E-state index >= 15 is 0 Å². The Bertz CT molecular complexity index is 615. The minimum atomic E-state index is -0.857. The molecule has 0 fully saturated rings. The van der Waals surface area contributed by atoms with Crippen molar-refractivity contribution >= 4 is 27.3 Å². The largest absolute Gasteiger partial charge is 0.452 e. The molecular weight excluding hydrogens is 319 g/mol. The molecule has 0 spiro atoms. The second-order valence-corrected chi connectivity index (χ2v) is 4.71. The Balaban J connectivity index is 2.19. The molecule has 0 saturated heterocycles. The fourth-order valence-corrected chi connectivity index (χ4v) is 1.94. The van der Waals surface area contributed by atoms with Gasteiger partial charge in [0.1, 0.15) is 5.76 Å². The number of nitrogens with one attached hydrogen (secondary N) is 1. The van der Waals surface area contributed by atoms with Crippen LogP contribution in [0.15, 0.2) is 39.4 Å². The lowest BCUT2D eigenvalue weighted by molar-refractivity contribution is -0.387. The quantitative estimate of drug-likeness (QED) is 0.672. The van der Waals surface area contributed by atoms with E-state index in [-0.39, 0.29) is 6.04 Å². The van der Waals surface area contributed by atoms with Crippen LogP contribution in [0.25, 0.3) is 0 Å². The molecule has 19 heavy (non-hydrogen) atoms. The normalized spacial score (nSPS) is 12.2. The Hall–Kier alpha value is -1.89. The summed E-state index contributed by atoms with van der Waals surface area (Å²) in [7, 11) is 0. The number of nitrogens with zero attached hydrogens (tertiary/aromatic N) is 1. The molecule has 100 valence electrons. The number of furan rings is 1. The minimum absolute atomic E-state index is 0.198. The molecule has 5 nitrogen and oxygen atoms in total. The van der Waals surface area contributed by atoms with Crippen LogP contribution < -0.4 is 5.32 Å². The van der Waals surface area contributed by atoms with Crippen LogP contribution in [0.2, 0.25) is 0 Å². The second-order valence-electron chi connectivity index (χ2n) is 3.93. The lowest BCUT2D eigenvalue weighted by atomic mass is 10.2. The average molecular weight is 329 g/mol. The Kier molecular flexibility index (Phi) is 3.84. The van der Waals surface area contributed by atoms with E-state index in [1.807, 2.05) is 6.92 Å². The summed E-state index contributed by atoms with van der Waals surface area (Å²) in [5, 5.41) is 13.7. The van der Waals surface area contributed by atoms with E-state index in [1.165, 1.54) is 6.07 Å². The van der Waals surface area contributed by atoms with Crippen molar-refractivity contribution in [3.63, 3.8) is 0 Å². The summed E-state index contributed by atoms with van der Waals surface area (Å²) >= 11 is 3.19. The molecule has 1 unspecified atom stereocenters. The number of nitro groups is 1. The lowest BCUT2D eigenvalue weighted by Gasteiger charge is -2.12. The number of hydrogen-bond acceptors (Lipinski definition) is 4. The van der Waals surface area contributed by atoms with E-state index in [2.05, 4.69) is 21.2 Å². The van der Waals surface area contributed by atoms with Crippen molar-refractivity contribution in [2.75, 3.05) is 5.32 Å². The van der Waals surface area contributed by atoms with Crippen molar-refractivity contribution in [2.45, 2.75) is 13.0 Å². The van der Waals surface area contributed by atoms with E-state index < -0.39 is 16.4 Å². The highest BCUT2D eigenvalue weighted by Gasteiger charge is 2.16. The maximum absolute atomic E-state index is 13.2. The van der Waals surface area contributed by atoms with E-state index in [0.29, 0.717) is 16.1 Å². The van der Waals surface area contributed by atoms with Crippen molar-refractivity contribution in [1.29, 1.82) is 0 Å². The van der Waals surface area contributed by atoms with Crippen LogP contribution in [0, 0.1) is 15.9 Å². The highest BCUT2D eigenvalue weighted by molar-refractivity contribution is 9.10. The van der Waals surface area contributed by atoms with E-state index in [9.17, 15) is 14.5 Å². The fraction of sp³-hybridized carbons (Fsp3) is 0.167. The van der Waals surface area contributed by atoms with Crippen molar-refractivity contribution in [3.05, 3.63) is 56.7 Å². The van der Waals surface area contributed by atoms with E-state index in [4.69, 9.17) is 4.42 Å². The smallest absolute Gasteiger partial charge is 0.306 e. The standard InChI is InChI=1S/C12H10BrFN2O3/c1-7(11-4-5-12(13)19-11)15-8-2-3-9(14)10(6-8)16(17)18/h2-7,15H,1H3. The van der Waals surface area contributed by atoms with Gasteiger partial charge in [-0.25, -0.2) is 0 Å². The summed E-state index contributed by atoms with van der Waals surface area (Å²) in [4.78, 5) is 9.89. The summed E-state index contributed by atoms with van der Waals surface area (Å²) in [6.45, 7) is 1.83. The molecule has 7 heteroatoms. The van der Waals surface area contributed by atoms with Gasteiger partial charge in [-0.1, -0.05) is 0 Å². The summed E-state index contributed by atoms with van der Waals surface area (Å²) in [6, 6.07) is 6.99. The van der Waals surface area contributed by atoms with Gasteiger partial charge in [-0.2, -0.15) is 4.39 Å². The fourth-order valence-electron chi connectivity index (χ4n) is 1.62. The Morgan fingerprint density at radius 2 is 2.16 bits per heavy atom. The van der Waals surface area contributed by atoms with Crippen LogP contribution in [-0.2, 0) is 0 Å². The molecule has 0 aliphatic rings. The minimum Gasteiger partial charge on any atom is -0.452 e. The molecule has 1 N–H and O–H groups in total. The molecule has 1 heterocycles. The Labute approximate surface area is 116 Å². The van der Waals surface area contributed by atoms with Gasteiger partial charge in [-0.15, -0.1) is 0 Å². The highest BCUT2D eigenvalue weighted by atomic mass is 79.9. The first-order chi connectivity index (χ1) is 8.97. The predicted octanol–water partition coefficient (Wildman–Crippen LogP) is 4.26. The molecule has 0 aliphatic heterocycles. The van der Waals surface area contributed by atoms with Crippen molar-refractivity contribution in [1.82, 2.24) is 0 Å². The number of halogens is 2. The molecule has 1 aromatic heterocycles. The first-order valence-electron chi connectivity index (χ1n) is 5.43. The zero-order chi connectivity index (χ0) is 14.0. The van der Waals surface area contributed by atoms with Gasteiger partial charge in [0.2, 0.25) is 5.82 Å². The number of nitro benzene ring substituents is 1. The highest BCUT2D eigenvalue weighted by Crippen LogP contribution is 2.26. The van der Waals surface area contributed by atoms with Gasteiger partial charge >= 0.3 is 5.69 Å². The van der Waals surface area contributed by atoms with Gasteiger partial charge < -0.3 is 9.73 Å². The van der Waals surface area contributed by atoms with Gasteiger partial charge in [0.15, 0.2) is 4.67 Å². The summed E-state index contributed by atoms with van der Waals surface area (Å²) in [5.41, 5.74) is -0.106. The number of hydrogen-bond donors (Lipinski definition) is 1. The van der Waals surface area contributed by atoms with Crippen LogP contribution in [0.5, 0.6) is 0 Å². The van der Waals surface area contributed by atoms with Crippen LogP contribution in [0.4, 0.5) is 15.8 Å². The molecule has 0 saturated carbocycles. The molecule has 0 radical (unpaired) electrons. The Morgan fingerprint density at radius 3 is 2.74 bits per heavy atom. The molecule has 1 atom stereocenters. The van der Waals surface area contributed by atoms with E-state index in [0.717, 1.165) is 12.1 Å². The number of anilines is 1. The maximum Gasteiger partial charge on any atom is 0.306 e. The third kappa shape index (κ3) is 3.11. The number of benzene rings is 1. The second kappa shape index (κ2) is 5.40. The van der Waals surface area contributed by atoms with Gasteiger partial charge in [0, 0.05) is 11.8 Å². The van der Waals surface area contributed by atoms with Gasteiger partial charge in [-0.05, 0) is 47.1 Å². The SMILES string of the molecule is CC(Nc1ccc(F)c([N+](=O)[O-])c1)c1ccc(Br)o1. The summed E-state index contributed by atoms with van der Waals surface area (Å²) in [6.07, 6.45) is 0. The molecule has 1 aromatic carbocycles. The first-order valence-corrected chi connectivity index (χ1v) is 6.22. The lowest BCUT2D eigenvalue weighted by Crippen LogP contribution is -2.06. The zero-order valence-electron chi connectivity index (χ0n) is 9.89. The molecule has 0 bridgehead atoms. The first kappa shape index (κ1) is 13.5. The topological polar surface area (TPSA) is 68.3 Å². The van der Waals surface area contributed by atoms with Gasteiger partial charge in [-0.3, -0.25) is 10.1 Å². The molecular formula is C12H10BrFN2O3. The van der Waals surface area contributed by atoms with Crippen LogP contribution >= 0.6 is 15.9 Å². The van der Waals surface area contributed by atoms with Crippen LogP contribution in [0.1, 0.15) is 18.7 Å². The van der Waals surface area contributed by atoms with Crippen molar-refractivity contribution in [2.24, 2.45) is 0 Å². The van der Waals surface area contributed by atoms with Gasteiger partial charge in [0.05, 0.1) is 11.0 Å². The Morgan fingerprint density at radius 1 is 1.42 bits per heavy atom. The van der Waals surface area contributed by atoms with Crippen molar-refractivity contribution in [3.8, 4) is 0 Å². The van der Waals surface area contributed by atoms with Crippen LogP contribution in [-0.4, -0.2) is 4.92 Å². The monoisotopic (exact) mass is 328 g/mol. The predicted molar refractivity (Wildman–Crippen MR) is 71.5 cm³/mol. The van der Waals surface area contributed by atoms with Crippen molar-refractivity contribution < 1.29 is 13.7 Å². The van der Waals surface area contributed by atoms with E-state index in [1.54, 1.807) is 12.1 Å². The molecule has 2 rings (SSSR count). The zero-order valence-corrected chi connectivity index (χ0v) is 11.5. The number of rotatable bonds is 4. The summed E-state index contributed by atoms with van der Waals surface area (Å²) in [5.74, 6) is -0.192.